The zero-order chi connectivity index (χ0) is 22.7. The average Bonchev–Trinajstić information content (AvgIpc) is 3.03. The Labute approximate surface area is 190 Å². The van der Waals surface area contributed by atoms with Gasteiger partial charge in [-0.1, -0.05) is 0 Å². The van der Waals surface area contributed by atoms with Gasteiger partial charge in [0.25, 0.3) is 0 Å². The van der Waals surface area contributed by atoms with E-state index in [0.717, 1.165) is 0 Å². The van der Waals surface area contributed by atoms with Crippen LogP contribution in [0.1, 0.15) is 23.0 Å². The highest BCUT2D eigenvalue weighted by atomic mass is 79.9. The second-order valence-corrected chi connectivity index (χ2v) is 7.71. The number of nitrogens with zero attached hydrogens (tertiary/aromatic N) is 3. The number of benzene rings is 2. The van der Waals surface area contributed by atoms with E-state index in [1.807, 2.05) is 0 Å². The first-order valence-corrected chi connectivity index (χ1v) is 10.0. The Kier molecular flexibility index (Phi) is 6.66. The number of nitrogens with one attached hydrogen (secondary N) is 2. The van der Waals surface area contributed by atoms with Crippen LogP contribution in [0.3, 0.4) is 0 Å². The summed E-state index contributed by atoms with van der Waals surface area (Å²) in [5.41, 5.74) is 4.98. The van der Waals surface area contributed by atoms with Gasteiger partial charge in [0.1, 0.15) is 11.5 Å². The molecule has 0 fully saturated rings. The minimum Gasteiger partial charge on any atom is -0.504 e. The van der Waals surface area contributed by atoms with Crippen LogP contribution in [0.25, 0.3) is 11.3 Å². The molecule has 4 N–H and O–H groups in total. The van der Waals surface area contributed by atoms with Crippen LogP contribution >= 0.6 is 28.1 Å². The van der Waals surface area contributed by atoms with Crippen LogP contribution in [0.15, 0.2) is 52.0 Å². The molecule has 2 aromatic carbocycles. The van der Waals surface area contributed by atoms with Crippen molar-refractivity contribution in [3.05, 3.63) is 64.0 Å². The Balaban J connectivity index is 1.75. The quantitative estimate of drug-likeness (QED) is 0.234. The number of carboxylic acids is 1. The summed E-state index contributed by atoms with van der Waals surface area (Å²) in [5.74, 6) is -1.53. The molecule has 0 saturated heterocycles. The zero-order valence-corrected chi connectivity index (χ0v) is 18.8. The number of carbonyl (C=O) groups is 1. The average molecular weight is 506 g/mol. The SMILES string of the molecule is C/C(=N\NC(=S)Nc1ccc(C(=O)O)cc1)c1nn(C)c(-c2ccc(F)c(Br)c2)c1O. The monoisotopic (exact) mass is 505 g/mol. The fraction of sp³-hybridized carbons (Fsp3) is 0.100. The van der Waals surface area contributed by atoms with E-state index >= 15 is 0 Å². The first-order valence-electron chi connectivity index (χ1n) is 8.83. The second-order valence-electron chi connectivity index (χ2n) is 6.44. The normalized spacial score (nSPS) is 11.3. The highest BCUT2D eigenvalue weighted by molar-refractivity contribution is 9.10. The van der Waals surface area contributed by atoms with Crippen molar-refractivity contribution in [3.63, 3.8) is 0 Å². The lowest BCUT2D eigenvalue weighted by atomic mass is 10.1. The predicted octanol–water partition coefficient (Wildman–Crippen LogP) is 4.10. The number of thiocarbonyl (C=S) groups is 1. The summed E-state index contributed by atoms with van der Waals surface area (Å²) < 4.78 is 15.3. The topological polar surface area (TPSA) is 112 Å². The van der Waals surface area contributed by atoms with Gasteiger partial charge in [0.15, 0.2) is 16.6 Å². The van der Waals surface area contributed by atoms with Gasteiger partial charge in [-0.15, -0.1) is 0 Å². The Hall–Kier alpha value is -3.31. The first kappa shape index (κ1) is 22.4. The maximum Gasteiger partial charge on any atom is 0.335 e. The lowest BCUT2D eigenvalue weighted by Gasteiger charge is -2.08. The molecule has 0 saturated carbocycles. The molecule has 11 heteroatoms. The Morgan fingerprint density at radius 2 is 1.94 bits per heavy atom. The fourth-order valence-electron chi connectivity index (χ4n) is 2.77. The van der Waals surface area contributed by atoms with E-state index in [1.54, 1.807) is 38.2 Å². The number of carboxylic acid groups (broad SMARTS) is 1. The Bertz CT molecular complexity index is 1190. The van der Waals surface area contributed by atoms with Gasteiger partial charge in [-0.3, -0.25) is 10.1 Å². The molecule has 0 atom stereocenters. The van der Waals surface area contributed by atoms with Crippen LogP contribution in [0.4, 0.5) is 10.1 Å². The van der Waals surface area contributed by atoms with Crippen molar-refractivity contribution in [3.8, 4) is 17.0 Å². The summed E-state index contributed by atoms with van der Waals surface area (Å²) >= 11 is 8.32. The van der Waals surface area contributed by atoms with Crippen molar-refractivity contribution in [2.45, 2.75) is 6.92 Å². The predicted molar refractivity (Wildman–Crippen MR) is 123 cm³/mol. The maximum absolute atomic E-state index is 13.5. The molecular weight excluding hydrogens is 489 g/mol. The molecule has 0 bridgehead atoms. The summed E-state index contributed by atoms with van der Waals surface area (Å²) in [6, 6.07) is 10.4. The number of rotatable bonds is 5. The molecule has 0 aliphatic carbocycles. The fourth-order valence-corrected chi connectivity index (χ4v) is 3.31. The molecule has 160 valence electrons. The lowest BCUT2D eigenvalue weighted by Crippen LogP contribution is -2.25. The van der Waals surface area contributed by atoms with Crippen molar-refractivity contribution in [2.75, 3.05) is 5.32 Å². The van der Waals surface area contributed by atoms with Gasteiger partial charge in [-0.05, 0) is 77.5 Å². The third-order valence-electron chi connectivity index (χ3n) is 4.27. The lowest BCUT2D eigenvalue weighted by molar-refractivity contribution is 0.0697. The molecule has 31 heavy (non-hydrogen) atoms. The van der Waals surface area contributed by atoms with E-state index in [1.165, 1.54) is 22.9 Å². The molecule has 0 amide bonds. The van der Waals surface area contributed by atoms with Crippen molar-refractivity contribution in [2.24, 2.45) is 12.1 Å². The molecular formula is C20H17BrFN5O3S. The van der Waals surface area contributed by atoms with Crippen LogP contribution in [0.2, 0.25) is 0 Å². The molecule has 0 aliphatic rings. The smallest absolute Gasteiger partial charge is 0.335 e. The molecule has 8 nitrogen and oxygen atoms in total. The molecule has 3 aromatic rings. The number of aryl methyl sites for hydroxylation is 1. The number of aromatic carboxylic acids is 1. The number of hydrazone groups is 1. The van der Waals surface area contributed by atoms with Crippen LogP contribution in [-0.2, 0) is 7.05 Å². The standard InChI is InChI=1S/C20H17BrFN5O3S/c1-10(24-25-20(31)23-13-6-3-11(4-7-13)19(29)30)16-18(28)17(27(2)26-16)12-5-8-15(22)14(21)9-12/h3-9,28H,1-2H3,(H,29,30)(H2,23,25,31)/b24-10+. The third-order valence-corrected chi connectivity index (χ3v) is 5.07. The van der Waals surface area contributed by atoms with E-state index < -0.39 is 11.8 Å². The van der Waals surface area contributed by atoms with Gasteiger partial charge >= 0.3 is 5.97 Å². The summed E-state index contributed by atoms with van der Waals surface area (Å²) in [4.78, 5) is 10.9. The third kappa shape index (κ3) is 5.06. The summed E-state index contributed by atoms with van der Waals surface area (Å²) in [7, 11) is 1.66. The van der Waals surface area contributed by atoms with Crippen molar-refractivity contribution in [1.29, 1.82) is 0 Å². The minimum absolute atomic E-state index is 0.104. The van der Waals surface area contributed by atoms with Crippen LogP contribution < -0.4 is 10.7 Å². The van der Waals surface area contributed by atoms with Gasteiger partial charge in [0, 0.05) is 18.3 Å². The molecule has 1 heterocycles. The minimum atomic E-state index is -1.02. The van der Waals surface area contributed by atoms with E-state index in [2.05, 4.69) is 36.9 Å². The highest BCUT2D eigenvalue weighted by Crippen LogP contribution is 2.34. The van der Waals surface area contributed by atoms with E-state index in [-0.39, 0.29) is 26.6 Å². The second kappa shape index (κ2) is 9.23. The molecule has 0 spiro atoms. The van der Waals surface area contributed by atoms with E-state index in [9.17, 15) is 14.3 Å². The van der Waals surface area contributed by atoms with Crippen molar-refractivity contribution < 1.29 is 19.4 Å². The maximum atomic E-state index is 13.5. The Morgan fingerprint density at radius 1 is 1.26 bits per heavy atom. The van der Waals surface area contributed by atoms with Crippen LogP contribution in [-0.4, -0.2) is 36.8 Å². The van der Waals surface area contributed by atoms with Gasteiger partial charge in [0.2, 0.25) is 0 Å². The van der Waals surface area contributed by atoms with Crippen molar-refractivity contribution >= 4 is 50.6 Å². The van der Waals surface area contributed by atoms with Gasteiger partial charge < -0.3 is 15.5 Å². The number of hydrogen-bond acceptors (Lipinski definition) is 5. The number of aromatic hydroxyl groups is 1. The number of hydrogen-bond donors (Lipinski definition) is 4. The van der Waals surface area contributed by atoms with Crippen molar-refractivity contribution in [1.82, 2.24) is 15.2 Å². The van der Waals surface area contributed by atoms with Gasteiger partial charge in [-0.25, -0.2) is 9.18 Å². The number of aromatic nitrogens is 2. The van der Waals surface area contributed by atoms with Crippen LogP contribution in [0, 0.1) is 5.82 Å². The van der Waals surface area contributed by atoms with Gasteiger partial charge in [-0.2, -0.15) is 10.2 Å². The number of anilines is 1. The summed E-state index contributed by atoms with van der Waals surface area (Å²) in [6.45, 7) is 1.64. The van der Waals surface area contributed by atoms with Gasteiger partial charge in [0.05, 0.1) is 15.7 Å². The molecule has 0 unspecified atom stereocenters. The molecule has 0 aliphatic heterocycles. The summed E-state index contributed by atoms with van der Waals surface area (Å²) in [5, 5.41) is 31.1. The van der Waals surface area contributed by atoms with E-state index in [0.29, 0.717) is 22.7 Å². The Morgan fingerprint density at radius 3 is 2.55 bits per heavy atom. The van der Waals surface area contributed by atoms with E-state index in [4.69, 9.17) is 17.3 Å². The molecule has 1 aromatic heterocycles. The first-order chi connectivity index (χ1) is 14.7. The number of halogens is 2. The zero-order valence-electron chi connectivity index (χ0n) is 16.3. The molecule has 0 radical (unpaired) electrons. The summed E-state index contributed by atoms with van der Waals surface area (Å²) in [6.07, 6.45) is 0. The highest BCUT2D eigenvalue weighted by Gasteiger charge is 2.20. The van der Waals surface area contributed by atoms with Crippen LogP contribution in [0.5, 0.6) is 5.75 Å². The largest absolute Gasteiger partial charge is 0.504 e. The molecule has 3 rings (SSSR count).